The summed E-state index contributed by atoms with van der Waals surface area (Å²) in [6.45, 7) is 0. The van der Waals surface area contributed by atoms with Crippen LogP contribution < -0.4 is 15.6 Å². The van der Waals surface area contributed by atoms with Crippen LogP contribution in [0.2, 0.25) is 0 Å². The van der Waals surface area contributed by atoms with Crippen molar-refractivity contribution in [2.24, 2.45) is 0 Å². The summed E-state index contributed by atoms with van der Waals surface area (Å²) in [5.41, 5.74) is 4.58. The fourth-order valence-electron chi connectivity index (χ4n) is 2.43. The van der Waals surface area contributed by atoms with Gasteiger partial charge in [-0.2, -0.15) is 0 Å². The molecule has 0 radical (unpaired) electrons. The van der Waals surface area contributed by atoms with Gasteiger partial charge in [0.1, 0.15) is 4.21 Å². The predicted octanol–water partition coefficient (Wildman–Crippen LogP) is 3.03. The first-order valence-corrected chi connectivity index (χ1v) is 11.9. The third kappa shape index (κ3) is 5.53. The molecule has 1 aromatic carbocycles. The van der Waals surface area contributed by atoms with Crippen LogP contribution in [0, 0.1) is 0 Å². The average molecular weight is 464 g/mol. The molecule has 0 aliphatic rings. The van der Waals surface area contributed by atoms with Crippen LogP contribution in [0.3, 0.4) is 0 Å². The molecular formula is C19H17N3O5S3. The average Bonchev–Trinajstić information content (AvgIpc) is 3.44. The van der Waals surface area contributed by atoms with Crippen molar-refractivity contribution in [1.29, 1.82) is 0 Å². The van der Waals surface area contributed by atoms with Gasteiger partial charge in [-0.25, -0.2) is 8.42 Å². The molecule has 30 heavy (non-hydrogen) atoms. The van der Waals surface area contributed by atoms with Crippen molar-refractivity contribution in [1.82, 2.24) is 10.9 Å². The highest BCUT2D eigenvalue weighted by molar-refractivity contribution is 7.94. The van der Waals surface area contributed by atoms with Crippen LogP contribution >= 0.6 is 22.7 Å². The van der Waals surface area contributed by atoms with Crippen LogP contribution in [-0.4, -0.2) is 26.0 Å². The number of anilines is 1. The fourth-order valence-corrected chi connectivity index (χ4v) is 5.19. The molecular weight excluding hydrogens is 446 g/mol. The Kier molecular flexibility index (Phi) is 6.98. The largest absolute Gasteiger partial charge is 0.293 e. The van der Waals surface area contributed by atoms with Crippen molar-refractivity contribution in [3.05, 3.63) is 69.7 Å². The topological polar surface area (TPSA) is 121 Å². The van der Waals surface area contributed by atoms with Gasteiger partial charge in [-0.15, -0.1) is 22.7 Å². The molecule has 2 aromatic heterocycles. The SMILES string of the molecule is O=C(CCC(=O)c1cccs1)NNC(=O)c1ccccc1NS(=O)(=O)c1cccs1. The summed E-state index contributed by atoms with van der Waals surface area (Å²) in [5.74, 6) is -1.39. The van der Waals surface area contributed by atoms with E-state index in [2.05, 4.69) is 15.6 Å². The number of amides is 2. The zero-order valence-corrected chi connectivity index (χ0v) is 17.9. The van der Waals surface area contributed by atoms with Crippen LogP contribution in [-0.2, 0) is 14.8 Å². The molecule has 0 aliphatic carbocycles. The number of hydrazine groups is 1. The van der Waals surface area contributed by atoms with Crippen molar-refractivity contribution in [3.8, 4) is 0 Å². The molecule has 2 amide bonds. The van der Waals surface area contributed by atoms with E-state index in [-0.39, 0.29) is 34.1 Å². The monoisotopic (exact) mass is 463 g/mol. The lowest BCUT2D eigenvalue weighted by atomic mass is 10.2. The quantitative estimate of drug-likeness (QED) is 0.350. The first-order chi connectivity index (χ1) is 14.4. The minimum absolute atomic E-state index is 0.0133. The molecule has 3 rings (SSSR count). The van der Waals surface area contributed by atoms with Gasteiger partial charge in [-0.1, -0.05) is 24.3 Å². The third-order valence-electron chi connectivity index (χ3n) is 3.87. The van der Waals surface area contributed by atoms with E-state index < -0.39 is 21.8 Å². The molecule has 0 aliphatic heterocycles. The number of carbonyl (C=O) groups is 3. The lowest BCUT2D eigenvalue weighted by molar-refractivity contribution is -0.121. The molecule has 2 heterocycles. The molecule has 0 atom stereocenters. The van der Waals surface area contributed by atoms with E-state index in [0.29, 0.717) is 4.88 Å². The first-order valence-electron chi connectivity index (χ1n) is 8.68. The van der Waals surface area contributed by atoms with Crippen LogP contribution in [0.5, 0.6) is 0 Å². The van der Waals surface area contributed by atoms with Crippen LogP contribution in [0.1, 0.15) is 32.9 Å². The first kappa shape index (κ1) is 21.7. The summed E-state index contributed by atoms with van der Waals surface area (Å²) in [7, 11) is -3.83. The second-order valence-corrected chi connectivity index (χ2v) is 9.79. The summed E-state index contributed by atoms with van der Waals surface area (Å²) in [4.78, 5) is 36.9. The maximum Gasteiger partial charge on any atom is 0.271 e. The summed E-state index contributed by atoms with van der Waals surface area (Å²) in [6, 6.07) is 12.5. The molecule has 8 nitrogen and oxygen atoms in total. The highest BCUT2D eigenvalue weighted by Gasteiger charge is 2.19. The van der Waals surface area contributed by atoms with Gasteiger partial charge < -0.3 is 0 Å². The minimum Gasteiger partial charge on any atom is -0.293 e. The van der Waals surface area contributed by atoms with Crippen LogP contribution in [0.4, 0.5) is 5.69 Å². The molecule has 0 saturated heterocycles. The number of sulfonamides is 1. The maximum atomic E-state index is 12.4. The van der Waals surface area contributed by atoms with E-state index >= 15 is 0 Å². The van der Waals surface area contributed by atoms with Crippen LogP contribution in [0.25, 0.3) is 0 Å². The van der Waals surface area contributed by atoms with Crippen molar-refractivity contribution in [2.75, 3.05) is 4.72 Å². The molecule has 0 unspecified atom stereocenters. The van der Waals surface area contributed by atoms with Gasteiger partial charge in [-0.3, -0.25) is 30.0 Å². The van der Waals surface area contributed by atoms with E-state index in [1.165, 1.54) is 29.5 Å². The number of hydrogen-bond donors (Lipinski definition) is 3. The summed E-state index contributed by atoms with van der Waals surface area (Å²) in [6.07, 6.45) is -0.0803. The number of hydrogen-bond acceptors (Lipinski definition) is 7. The lowest BCUT2D eigenvalue weighted by Gasteiger charge is -2.12. The fraction of sp³-hybridized carbons (Fsp3) is 0.105. The van der Waals surface area contributed by atoms with Gasteiger partial charge in [0.05, 0.1) is 16.1 Å². The molecule has 0 fully saturated rings. The van der Waals surface area contributed by atoms with E-state index in [1.807, 2.05) is 0 Å². The number of nitrogens with one attached hydrogen (secondary N) is 3. The summed E-state index contributed by atoms with van der Waals surface area (Å²) < 4.78 is 27.3. The minimum atomic E-state index is -3.83. The van der Waals surface area contributed by atoms with Gasteiger partial charge in [-0.05, 0) is 35.0 Å². The van der Waals surface area contributed by atoms with E-state index in [4.69, 9.17) is 0 Å². The molecule has 0 bridgehead atoms. The molecule has 3 N–H and O–H groups in total. The van der Waals surface area contributed by atoms with Crippen molar-refractivity contribution in [2.45, 2.75) is 17.1 Å². The normalized spacial score (nSPS) is 10.9. The number of Topliss-reactive ketones (excluding diaryl/α,β-unsaturated/α-hetero) is 1. The Labute approximate surface area is 181 Å². The van der Waals surface area contributed by atoms with Gasteiger partial charge in [0.25, 0.3) is 15.9 Å². The van der Waals surface area contributed by atoms with Gasteiger partial charge in [0.2, 0.25) is 5.91 Å². The molecule has 0 saturated carbocycles. The van der Waals surface area contributed by atoms with E-state index in [1.54, 1.807) is 41.1 Å². The Morgan fingerprint density at radius 3 is 2.27 bits per heavy atom. The highest BCUT2D eigenvalue weighted by Crippen LogP contribution is 2.22. The summed E-state index contributed by atoms with van der Waals surface area (Å²) >= 11 is 2.35. The smallest absolute Gasteiger partial charge is 0.271 e. The molecule has 156 valence electrons. The van der Waals surface area contributed by atoms with Crippen molar-refractivity contribution in [3.63, 3.8) is 0 Å². The van der Waals surface area contributed by atoms with Gasteiger partial charge in [0, 0.05) is 12.8 Å². The molecule has 0 spiro atoms. The number of thiophene rings is 2. The number of benzene rings is 1. The molecule has 3 aromatic rings. The highest BCUT2D eigenvalue weighted by atomic mass is 32.2. The third-order valence-corrected chi connectivity index (χ3v) is 7.54. The standard InChI is InChI=1S/C19H17N3O5S3/c23-15(16-7-3-11-28-16)9-10-17(24)20-21-19(25)13-5-1-2-6-14(13)22-30(26,27)18-8-4-12-29-18/h1-8,11-12,22H,9-10H2,(H,20,24)(H,21,25). The Hall–Kier alpha value is -3.02. The van der Waals surface area contributed by atoms with Gasteiger partial charge >= 0.3 is 0 Å². The zero-order valence-electron chi connectivity index (χ0n) is 15.5. The van der Waals surface area contributed by atoms with Crippen molar-refractivity contribution >= 4 is 56.0 Å². The summed E-state index contributed by atoms with van der Waals surface area (Å²) in [5, 5.41) is 3.41. The lowest BCUT2D eigenvalue weighted by Crippen LogP contribution is -2.42. The Balaban J connectivity index is 1.58. The number of carbonyl (C=O) groups excluding carboxylic acids is 3. The van der Waals surface area contributed by atoms with Crippen LogP contribution in [0.15, 0.2) is 63.5 Å². The van der Waals surface area contributed by atoms with Crippen molar-refractivity contribution < 1.29 is 22.8 Å². The Morgan fingerprint density at radius 2 is 1.57 bits per heavy atom. The Bertz CT molecular complexity index is 1140. The van der Waals surface area contributed by atoms with Gasteiger partial charge in [0.15, 0.2) is 5.78 Å². The number of rotatable bonds is 8. The van der Waals surface area contributed by atoms with E-state index in [9.17, 15) is 22.8 Å². The molecule has 11 heteroatoms. The second kappa shape index (κ2) is 9.65. The maximum absolute atomic E-state index is 12.4. The Morgan fingerprint density at radius 1 is 0.833 bits per heavy atom. The predicted molar refractivity (Wildman–Crippen MR) is 115 cm³/mol. The number of para-hydroxylation sites is 1. The second-order valence-electron chi connectivity index (χ2n) is 5.99. The number of ketones is 1. The zero-order chi connectivity index (χ0) is 21.6. The van der Waals surface area contributed by atoms with E-state index in [0.717, 1.165) is 11.3 Å².